The summed E-state index contributed by atoms with van der Waals surface area (Å²) in [7, 11) is 0. The number of nitrogens with one attached hydrogen (secondary N) is 1. The lowest BCUT2D eigenvalue weighted by Gasteiger charge is -2.40. The number of pyridine rings is 1. The zero-order chi connectivity index (χ0) is 30.5. The number of phenolic OH excluding ortho intramolecular Hbond substituents is 1. The van der Waals surface area contributed by atoms with Crippen molar-refractivity contribution in [3.63, 3.8) is 0 Å². The average molecular weight is 639 g/mol. The highest BCUT2D eigenvalue weighted by atomic mass is 35.5. The topological polar surface area (TPSA) is 95.9 Å². The van der Waals surface area contributed by atoms with E-state index in [4.69, 9.17) is 26.1 Å². The molecule has 7 heterocycles. The minimum absolute atomic E-state index is 0.0504. The number of nitrogens with zero attached hydrogens (tertiary/aromatic N) is 5. The van der Waals surface area contributed by atoms with Crippen LogP contribution in [0.1, 0.15) is 37.7 Å². The molecular formula is C29H28ClF5N6O3. The van der Waals surface area contributed by atoms with Crippen molar-refractivity contribution in [3.05, 3.63) is 28.5 Å². The van der Waals surface area contributed by atoms with Crippen LogP contribution in [0.5, 0.6) is 17.6 Å². The lowest BCUT2D eigenvalue weighted by Crippen LogP contribution is -2.60. The lowest BCUT2D eigenvalue weighted by atomic mass is 9.95. The molecule has 0 saturated carbocycles. The average Bonchev–Trinajstić information content (AvgIpc) is 3.59. The van der Waals surface area contributed by atoms with Crippen molar-refractivity contribution in [1.29, 1.82) is 0 Å². The minimum Gasteiger partial charge on any atom is -0.508 e. The van der Waals surface area contributed by atoms with Crippen molar-refractivity contribution < 1.29 is 36.5 Å². The lowest BCUT2D eigenvalue weighted by molar-refractivity contribution is -0.137. The fourth-order valence-electron chi connectivity index (χ4n) is 7.88. The quantitative estimate of drug-likeness (QED) is 0.388. The molecule has 5 atom stereocenters. The Morgan fingerprint density at radius 2 is 2.02 bits per heavy atom. The first kappa shape index (κ1) is 28.3. The molecule has 0 radical (unpaired) electrons. The first-order valence-electron chi connectivity index (χ1n) is 14.7. The monoisotopic (exact) mass is 638 g/mol. The van der Waals surface area contributed by atoms with Gasteiger partial charge in [-0.2, -0.15) is 23.1 Å². The highest BCUT2D eigenvalue weighted by Crippen LogP contribution is 2.48. The summed E-state index contributed by atoms with van der Waals surface area (Å²) in [5, 5.41) is 13.0. The van der Waals surface area contributed by atoms with Crippen LogP contribution in [0.15, 0.2) is 12.1 Å². The first-order valence-corrected chi connectivity index (χ1v) is 15.1. The van der Waals surface area contributed by atoms with Crippen LogP contribution in [-0.2, 0) is 6.18 Å². The number of fused-ring (bicyclic) bond motifs is 6. The predicted octanol–water partition coefficient (Wildman–Crippen LogP) is 4.87. The molecule has 9 nitrogen and oxygen atoms in total. The van der Waals surface area contributed by atoms with Crippen molar-refractivity contribution in [2.24, 2.45) is 0 Å². The van der Waals surface area contributed by atoms with Gasteiger partial charge in [-0.15, -0.1) is 0 Å². The van der Waals surface area contributed by atoms with Crippen LogP contribution in [0.3, 0.4) is 0 Å². The molecule has 234 valence electrons. The molecule has 0 spiro atoms. The van der Waals surface area contributed by atoms with E-state index >= 15 is 4.39 Å². The summed E-state index contributed by atoms with van der Waals surface area (Å²) in [6.45, 7) is 1.80. The molecule has 5 aliphatic rings. The number of anilines is 1. The van der Waals surface area contributed by atoms with Crippen molar-refractivity contribution in [3.8, 4) is 28.9 Å². The van der Waals surface area contributed by atoms with E-state index in [0.717, 1.165) is 44.4 Å². The Bertz CT molecular complexity index is 1680. The van der Waals surface area contributed by atoms with Crippen LogP contribution in [0.4, 0.5) is 27.8 Å². The molecule has 4 fully saturated rings. The third-order valence-corrected chi connectivity index (χ3v) is 10.1. The maximum Gasteiger partial charge on any atom is 0.418 e. The van der Waals surface area contributed by atoms with Crippen LogP contribution in [0.2, 0.25) is 5.02 Å². The number of ether oxygens (including phenoxy) is 2. The number of hydrogen-bond acceptors (Lipinski definition) is 9. The zero-order valence-electron chi connectivity index (χ0n) is 23.3. The third-order valence-electron chi connectivity index (χ3n) is 9.78. The maximum absolute atomic E-state index is 16.6. The molecule has 4 saturated heterocycles. The standard InChI is InChI=1S/C29H28ClF5N6O3/c30-17-7-15(42)6-16(21(17)29(33,34)35)23-22(32)24-20-25(41-10-14-2-3-18(36-14)19(41)11-43-26(20)37-23)39-27(38-24)44-12-28-4-1-5-40(28)9-13(31)8-28/h6-7,13-14,18-19,36,42H,1-5,8-12H2/t13-,14-,18+,19-,28-/m1/s1. The van der Waals surface area contributed by atoms with Gasteiger partial charge in [0.15, 0.2) is 5.82 Å². The number of alkyl halides is 4. The van der Waals surface area contributed by atoms with Crippen molar-refractivity contribution in [2.45, 2.75) is 68.1 Å². The summed E-state index contributed by atoms with van der Waals surface area (Å²) in [6.07, 6.45) is -2.22. The Kier molecular flexibility index (Phi) is 6.35. The van der Waals surface area contributed by atoms with E-state index in [2.05, 4.69) is 20.2 Å². The van der Waals surface area contributed by atoms with Gasteiger partial charge in [0.2, 0.25) is 5.88 Å². The van der Waals surface area contributed by atoms with E-state index < -0.39 is 51.3 Å². The number of halogens is 6. The van der Waals surface area contributed by atoms with E-state index in [0.29, 0.717) is 25.3 Å². The molecule has 8 rings (SSSR count). The fraction of sp³-hybridized carbons (Fsp3) is 0.552. The Morgan fingerprint density at radius 1 is 1.18 bits per heavy atom. The molecule has 2 bridgehead atoms. The number of piperazine rings is 1. The molecule has 0 aliphatic carbocycles. The normalized spacial score (nSPS) is 29.5. The molecule has 0 unspecified atom stereocenters. The highest BCUT2D eigenvalue weighted by Gasteiger charge is 2.50. The highest BCUT2D eigenvalue weighted by molar-refractivity contribution is 6.32. The summed E-state index contributed by atoms with van der Waals surface area (Å²) in [5.41, 5.74) is -3.70. The second kappa shape index (κ2) is 9.88. The summed E-state index contributed by atoms with van der Waals surface area (Å²) >= 11 is 5.93. The molecule has 15 heteroatoms. The number of phenols is 1. The number of aromatic nitrogens is 3. The molecule has 44 heavy (non-hydrogen) atoms. The molecule has 3 aromatic rings. The van der Waals surface area contributed by atoms with Gasteiger partial charge in [-0.1, -0.05) is 11.6 Å². The summed E-state index contributed by atoms with van der Waals surface area (Å²) in [6, 6.07) is 1.33. The summed E-state index contributed by atoms with van der Waals surface area (Å²) in [4.78, 5) is 17.4. The van der Waals surface area contributed by atoms with Gasteiger partial charge in [0.05, 0.1) is 22.2 Å². The smallest absolute Gasteiger partial charge is 0.418 e. The molecule has 5 aliphatic heterocycles. The Hall–Kier alpha value is -3.23. The second-order valence-electron chi connectivity index (χ2n) is 12.4. The van der Waals surface area contributed by atoms with Gasteiger partial charge in [-0.3, -0.25) is 4.90 Å². The van der Waals surface area contributed by atoms with Gasteiger partial charge in [-0.25, -0.2) is 13.8 Å². The molecule has 2 N–H and O–H groups in total. The van der Waals surface area contributed by atoms with Crippen LogP contribution in [-0.4, -0.2) is 87.6 Å². The Labute approximate surface area is 253 Å². The van der Waals surface area contributed by atoms with Crippen LogP contribution in [0, 0.1) is 5.82 Å². The predicted molar refractivity (Wildman–Crippen MR) is 150 cm³/mol. The van der Waals surface area contributed by atoms with Gasteiger partial charge in [0, 0.05) is 37.2 Å². The van der Waals surface area contributed by atoms with E-state index in [1.807, 2.05) is 4.90 Å². The zero-order valence-corrected chi connectivity index (χ0v) is 24.1. The third kappa shape index (κ3) is 4.35. The van der Waals surface area contributed by atoms with E-state index in [1.54, 1.807) is 0 Å². The van der Waals surface area contributed by atoms with E-state index in [9.17, 15) is 22.7 Å². The van der Waals surface area contributed by atoms with E-state index in [1.165, 1.54) is 0 Å². The summed E-state index contributed by atoms with van der Waals surface area (Å²) in [5.74, 6) is -1.58. The van der Waals surface area contributed by atoms with Gasteiger partial charge < -0.3 is 24.8 Å². The Balaban J connectivity index is 1.31. The number of rotatable bonds is 4. The fourth-order valence-corrected chi connectivity index (χ4v) is 8.20. The van der Waals surface area contributed by atoms with Crippen LogP contribution < -0.4 is 19.7 Å². The van der Waals surface area contributed by atoms with Crippen molar-refractivity contribution in [2.75, 3.05) is 37.7 Å². The SMILES string of the molecule is Oc1cc(Cl)c(C(F)(F)F)c(-c2nc3c4c(nc(OC[C@]56CCCN5C[C@H](F)C6)nc4c2F)N2C[C@H]4CC[C@H](N4)[C@H]2CO3)c1. The molecule has 0 amide bonds. The first-order chi connectivity index (χ1) is 21.0. The molecule has 2 aromatic heterocycles. The number of benzene rings is 1. The van der Waals surface area contributed by atoms with Crippen LogP contribution >= 0.6 is 11.6 Å². The largest absolute Gasteiger partial charge is 0.508 e. The van der Waals surface area contributed by atoms with E-state index in [-0.39, 0.29) is 54.1 Å². The van der Waals surface area contributed by atoms with Gasteiger partial charge >= 0.3 is 12.2 Å². The summed E-state index contributed by atoms with van der Waals surface area (Å²) < 4.78 is 85.8. The second-order valence-corrected chi connectivity index (χ2v) is 12.8. The Morgan fingerprint density at radius 3 is 2.84 bits per heavy atom. The van der Waals surface area contributed by atoms with Crippen LogP contribution in [0.25, 0.3) is 22.2 Å². The van der Waals surface area contributed by atoms with Crippen molar-refractivity contribution in [1.82, 2.24) is 25.2 Å². The number of hydrogen-bond donors (Lipinski definition) is 2. The molecular weight excluding hydrogens is 611 g/mol. The van der Waals surface area contributed by atoms with Gasteiger partial charge in [0.25, 0.3) is 0 Å². The minimum atomic E-state index is -4.99. The maximum atomic E-state index is 16.6. The van der Waals surface area contributed by atoms with Gasteiger partial charge in [0.1, 0.15) is 47.5 Å². The van der Waals surface area contributed by atoms with Gasteiger partial charge in [-0.05, 0) is 44.4 Å². The van der Waals surface area contributed by atoms with Crippen molar-refractivity contribution >= 4 is 28.3 Å². The molecule has 1 aromatic carbocycles. The number of aromatic hydroxyl groups is 1.